The lowest BCUT2D eigenvalue weighted by molar-refractivity contribution is -0.122. The van der Waals surface area contributed by atoms with Crippen molar-refractivity contribution < 1.29 is 14.0 Å². The first-order valence-electron chi connectivity index (χ1n) is 12.2. The van der Waals surface area contributed by atoms with Gasteiger partial charge in [0.25, 0.3) is 5.91 Å². The van der Waals surface area contributed by atoms with Gasteiger partial charge in [0.15, 0.2) is 0 Å². The Bertz CT molecular complexity index is 1170. The summed E-state index contributed by atoms with van der Waals surface area (Å²) in [5.41, 5.74) is 1.04. The molecular formula is C27H29ClFN5O2. The molecule has 2 aliphatic rings. The van der Waals surface area contributed by atoms with E-state index in [1.807, 2.05) is 30.3 Å². The van der Waals surface area contributed by atoms with Crippen molar-refractivity contribution in [2.45, 2.75) is 19.0 Å². The van der Waals surface area contributed by atoms with Gasteiger partial charge in [-0.15, -0.1) is 0 Å². The first kappa shape index (κ1) is 24.5. The number of carbonyl (C=O) groups excluding carboxylic acids is 2. The fraction of sp³-hybridized carbons (Fsp3) is 0.370. The van der Waals surface area contributed by atoms with E-state index in [-0.39, 0.29) is 35.0 Å². The van der Waals surface area contributed by atoms with Gasteiger partial charge in [-0.1, -0.05) is 48.0 Å². The Morgan fingerprint density at radius 1 is 1.06 bits per heavy atom. The van der Waals surface area contributed by atoms with Crippen molar-refractivity contribution in [2.75, 3.05) is 32.7 Å². The summed E-state index contributed by atoms with van der Waals surface area (Å²) in [4.78, 5) is 33.7. The molecule has 2 unspecified atom stereocenters. The zero-order chi connectivity index (χ0) is 25.1. The predicted octanol–water partition coefficient (Wildman–Crippen LogP) is 3.63. The van der Waals surface area contributed by atoms with Gasteiger partial charge < -0.3 is 19.7 Å². The van der Waals surface area contributed by atoms with Crippen molar-refractivity contribution in [3.8, 4) is 0 Å². The van der Waals surface area contributed by atoms with Crippen molar-refractivity contribution in [1.82, 2.24) is 24.7 Å². The van der Waals surface area contributed by atoms with E-state index in [2.05, 4.69) is 15.2 Å². The third-order valence-electron chi connectivity index (χ3n) is 7.18. The van der Waals surface area contributed by atoms with Crippen molar-refractivity contribution in [3.63, 3.8) is 0 Å². The highest BCUT2D eigenvalue weighted by molar-refractivity contribution is 6.33. The minimum Gasteiger partial charge on any atom is -0.348 e. The molecule has 7 nitrogen and oxygen atoms in total. The molecule has 1 aromatic heterocycles. The Morgan fingerprint density at radius 2 is 1.81 bits per heavy atom. The van der Waals surface area contributed by atoms with E-state index in [1.165, 1.54) is 12.1 Å². The number of halogens is 2. The maximum Gasteiger partial charge on any atom is 0.258 e. The van der Waals surface area contributed by atoms with Crippen LogP contribution in [0.5, 0.6) is 0 Å². The van der Waals surface area contributed by atoms with Gasteiger partial charge in [0.1, 0.15) is 12.4 Å². The molecule has 2 aliphatic heterocycles. The molecule has 2 amide bonds. The Labute approximate surface area is 214 Å². The largest absolute Gasteiger partial charge is 0.348 e. The zero-order valence-electron chi connectivity index (χ0n) is 19.9. The highest BCUT2D eigenvalue weighted by Gasteiger charge is 2.42. The lowest BCUT2D eigenvalue weighted by Crippen LogP contribution is -2.36. The van der Waals surface area contributed by atoms with Crippen molar-refractivity contribution in [3.05, 3.63) is 89.2 Å². The summed E-state index contributed by atoms with van der Waals surface area (Å²) in [7, 11) is 0. The highest BCUT2D eigenvalue weighted by atomic mass is 35.5. The molecule has 0 aliphatic carbocycles. The van der Waals surface area contributed by atoms with Crippen LogP contribution in [0.3, 0.4) is 0 Å². The summed E-state index contributed by atoms with van der Waals surface area (Å²) in [6.07, 6.45) is 5.85. The van der Waals surface area contributed by atoms with E-state index in [1.54, 1.807) is 34.3 Å². The fourth-order valence-corrected chi connectivity index (χ4v) is 5.65. The smallest absolute Gasteiger partial charge is 0.258 e. The Balaban J connectivity index is 1.16. The van der Waals surface area contributed by atoms with Crippen molar-refractivity contribution in [2.24, 2.45) is 11.8 Å². The van der Waals surface area contributed by atoms with E-state index in [0.717, 1.165) is 31.6 Å². The van der Waals surface area contributed by atoms with Gasteiger partial charge in [0.2, 0.25) is 5.91 Å². The van der Waals surface area contributed by atoms with Crippen LogP contribution in [0.15, 0.2) is 67.3 Å². The van der Waals surface area contributed by atoms with Crippen LogP contribution in [0.25, 0.3) is 0 Å². The first-order chi connectivity index (χ1) is 17.5. The number of hydrogen-bond acceptors (Lipinski definition) is 4. The van der Waals surface area contributed by atoms with Gasteiger partial charge in [-0.05, 0) is 36.0 Å². The molecule has 0 spiro atoms. The maximum absolute atomic E-state index is 14.2. The number of likely N-dealkylation sites (tertiary alicyclic amines) is 2. The summed E-state index contributed by atoms with van der Waals surface area (Å²) < 4.78 is 16.0. The number of nitrogens with one attached hydrogen (secondary N) is 1. The van der Waals surface area contributed by atoms with E-state index < -0.39 is 5.82 Å². The molecule has 3 heterocycles. The monoisotopic (exact) mass is 509 g/mol. The number of fused-ring (bicyclic) bond motifs is 1. The second-order valence-electron chi connectivity index (χ2n) is 9.64. The molecule has 2 fully saturated rings. The molecule has 0 saturated carbocycles. The van der Waals surface area contributed by atoms with Gasteiger partial charge >= 0.3 is 0 Å². The van der Waals surface area contributed by atoms with Crippen LogP contribution in [0.4, 0.5) is 4.39 Å². The average Bonchev–Trinajstić information content (AvgIpc) is 3.59. The van der Waals surface area contributed by atoms with Gasteiger partial charge in [-0.25, -0.2) is 9.37 Å². The Kier molecular flexibility index (Phi) is 7.34. The molecule has 36 heavy (non-hydrogen) atoms. The molecule has 0 radical (unpaired) electrons. The molecule has 188 valence electrons. The SMILES string of the molecule is O=C(Cn1ccnc1)NC(CCN1CC2CN(C(=O)c3c(F)cccc3Cl)C[C@@H]2C1)c1ccccc1. The molecule has 5 rings (SSSR count). The summed E-state index contributed by atoms with van der Waals surface area (Å²) in [5, 5.41) is 3.33. The van der Waals surface area contributed by atoms with Crippen LogP contribution in [0.1, 0.15) is 28.4 Å². The third-order valence-corrected chi connectivity index (χ3v) is 7.50. The normalized spacial score (nSPS) is 20.3. The molecule has 9 heteroatoms. The number of imidazole rings is 1. The number of amides is 2. The predicted molar refractivity (Wildman–Crippen MR) is 135 cm³/mol. The molecule has 2 aromatic carbocycles. The molecular weight excluding hydrogens is 481 g/mol. The highest BCUT2D eigenvalue weighted by Crippen LogP contribution is 2.33. The van der Waals surface area contributed by atoms with E-state index in [0.29, 0.717) is 24.9 Å². The number of hydrogen-bond donors (Lipinski definition) is 1. The van der Waals surface area contributed by atoms with E-state index >= 15 is 0 Å². The molecule has 1 N–H and O–H groups in total. The number of aromatic nitrogens is 2. The second kappa shape index (κ2) is 10.8. The molecule has 0 bridgehead atoms. The van der Waals surface area contributed by atoms with E-state index in [9.17, 15) is 14.0 Å². The summed E-state index contributed by atoms with van der Waals surface area (Å²) in [6.45, 7) is 4.04. The zero-order valence-corrected chi connectivity index (χ0v) is 20.6. The summed E-state index contributed by atoms with van der Waals surface area (Å²) >= 11 is 6.11. The first-order valence-corrected chi connectivity index (χ1v) is 12.6. The number of rotatable bonds is 8. The van der Waals surface area contributed by atoms with Gasteiger partial charge in [0, 0.05) is 45.1 Å². The minimum absolute atomic E-state index is 0.0341. The topological polar surface area (TPSA) is 70.5 Å². The van der Waals surface area contributed by atoms with Crippen molar-refractivity contribution in [1.29, 1.82) is 0 Å². The standard InChI is InChI=1S/C27H29ClFN5O2/c28-22-7-4-8-23(29)26(22)27(36)34-15-20-13-32(14-21(20)16-34)11-9-24(19-5-2-1-3-6-19)31-25(35)17-33-12-10-30-18-33/h1-8,10,12,18,20-21,24H,9,11,13-17H2,(H,31,35)/t20-,21?,24?/m0/s1. The number of nitrogens with zero attached hydrogens (tertiary/aromatic N) is 4. The lowest BCUT2D eigenvalue weighted by atomic mass is 10.0. The number of benzene rings is 2. The molecule has 2 saturated heterocycles. The average molecular weight is 510 g/mol. The quantitative estimate of drug-likeness (QED) is 0.503. The van der Waals surface area contributed by atoms with Crippen LogP contribution < -0.4 is 5.32 Å². The van der Waals surface area contributed by atoms with Crippen LogP contribution in [0.2, 0.25) is 5.02 Å². The Hall–Kier alpha value is -3.23. The van der Waals surface area contributed by atoms with Gasteiger partial charge in [-0.2, -0.15) is 0 Å². The Morgan fingerprint density at radius 3 is 2.47 bits per heavy atom. The maximum atomic E-state index is 14.2. The third kappa shape index (κ3) is 5.44. The minimum atomic E-state index is -0.576. The van der Waals surface area contributed by atoms with Gasteiger partial charge in [0.05, 0.1) is 23.0 Å². The number of carbonyl (C=O) groups is 2. The van der Waals surface area contributed by atoms with Crippen LogP contribution >= 0.6 is 11.6 Å². The van der Waals surface area contributed by atoms with Crippen LogP contribution in [-0.2, 0) is 11.3 Å². The fourth-order valence-electron chi connectivity index (χ4n) is 5.40. The van der Waals surface area contributed by atoms with E-state index in [4.69, 9.17) is 11.6 Å². The summed E-state index contributed by atoms with van der Waals surface area (Å²) in [5.74, 6) is -0.255. The lowest BCUT2D eigenvalue weighted by Gasteiger charge is -2.25. The molecule has 3 atom stereocenters. The van der Waals surface area contributed by atoms with Crippen LogP contribution in [0, 0.1) is 17.7 Å². The molecule has 3 aromatic rings. The van der Waals surface area contributed by atoms with Gasteiger partial charge in [-0.3, -0.25) is 9.59 Å². The second-order valence-corrected chi connectivity index (χ2v) is 10.0. The van der Waals surface area contributed by atoms with Crippen molar-refractivity contribution >= 4 is 23.4 Å². The van der Waals surface area contributed by atoms with Crippen LogP contribution in [-0.4, -0.2) is 63.9 Å². The summed E-state index contributed by atoms with van der Waals surface area (Å²) in [6, 6.07) is 14.3.